The molecule has 2 aromatic heterocycles. The van der Waals surface area contributed by atoms with E-state index in [4.69, 9.17) is 5.73 Å². The fraction of sp³-hybridized carbons (Fsp3) is 0. The van der Waals surface area contributed by atoms with Crippen LogP contribution in [0.4, 0.5) is 21.8 Å². The molecule has 0 aliphatic heterocycles. The van der Waals surface area contributed by atoms with Crippen LogP contribution < -0.4 is 16.6 Å². The van der Waals surface area contributed by atoms with Gasteiger partial charge in [0.15, 0.2) is 5.82 Å². The summed E-state index contributed by atoms with van der Waals surface area (Å²) in [7, 11) is 0. The second-order valence-electron chi connectivity index (χ2n) is 6.19. The monoisotopic (exact) mass is 397 g/mol. The van der Waals surface area contributed by atoms with Crippen molar-refractivity contribution in [2.24, 2.45) is 0 Å². The summed E-state index contributed by atoms with van der Waals surface area (Å²) in [5.41, 5.74) is 5.43. The maximum atomic E-state index is 14.6. The van der Waals surface area contributed by atoms with Crippen LogP contribution in [0.25, 0.3) is 16.5 Å². The second kappa shape index (κ2) is 7.34. The second-order valence-corrected chi connectivity index (χ2v) is 6.19. The first-order chi connectivity index (χ1) is 14.6. The minimum atomic E-state index is -0.741. The van der Waals surface area contributed by atoms with E-state index in [2.05, 4.69) is 15.3 Å². The Labute approximate surface area is 169 Å². The molecule has 2 heterocycles. The fourth-order valence-electron chi connectivity index (χ4n) is 3.17. The van der Waals surface area contributed by atoms with Crippen LogP contribution in [-0.2, 0) is 0 Å². The lowest BCUT2D eigenvalue weighted by Crippen LogP contribution is -2.24. The van der Waals surface area contributed by atoms with Gasteiger partial charge in [0.2, 0.25) is 0 Å². The Morgan fingerprint density at radius 1 is 1.00 bits per heavy atom. The molecule has 0 unspecified atom stereocenters. The summed E-state index contributed by atoms with van der Waals surface area (Å²) < 4.78 is 15.7. The van der Waals surface area contributed by atoms with E-state index >= 15 is 0 Å². The van der Waals surface area contributed by atoms with Gasteiger partial charge in [0.25, 0.3) is 5.56 Å². The van der Waals surface area contributed by atoms with E-state index in [1.807, 2.05) is 12.1 Å². The summed E-state index contributed by atoms with van der Waals surface area (Å²) in [6.07, 6.45) is 1.15. The number of fused-ring (bicyclic) bond motifs is 1. The van der Waals surface area contributed by atoms with Crippen molar-refractivity contribution in [1.29, 1.82) is 10.5 Å². The zero-order chi connectivity index (χ0) is 21.3. The first kappa shape index (κ1) is 18.6. The number of halogens is 1. The van der Waals surface area contributed by atoms with Crippen LogP contribution in [0, 0.1) is 28.5 Å². The molecule has 0 amide bonds. The summed E-state index contributed by atoms with van der Waals surface area (Å²) in [5.74, 6) is -0.758. The number of rotatable bonds is 3. The molecule has 0 fully saturated rings. The molecule has 0 atom stereocenters. The Morgan fingerprint density at radius 3 is 2.43 bits per heavy atom. The summed E-state index contributed by atoms with van der Waals surface area (Å²) in [6.45, 7) is 0. The van der Waals surface area contributed by atoms with Crippen molar-refractivity contribution in [3.05, 3.63) is 82.2 Å². The average molecular weight is 397 g/mol. The lowest BCUT2D eigenvalue weighted by Gasteiger charge is -2.18. The van der Waals surface area contributed by atoms with E-state index in [9.17, 15) is 19.7 Å². The van der Waals surface area contributed by atoms with Crippen molar-refractivity contribution in [3.8, 4) is 17.8 Å². The molecule has 4 aromatic rings. The van der Waals surface area contributed by atoms with E-state index in [-0.39, 0.29) is 39.4 Å². The van der Waals surface area contributed by atoms with Crippen molar-refractivity contribution < 1.29 is 4.39 Å². The lowest BCUT2D eigenvalue weighted by molar-refractivity contribution is 0.638. The summed E-state index contributed by atoms with van der Waals surface area (Å²) in [4.78, 5) is 21.1. The predicted octanol–water partition coefficient (Wildman–Crippen LogP) is 2.99. The molecule has 0 aliphatic rings. The molecule has 2 aromatic carbocycles. The van der Waals surface area contributed by atoms with Crippen molar-refractivity contribution >= 4 is 28.2 Å². The molecule has 9 heteroatoms. The minimum Gasteiger partial charge on any atom is -0.382 e. The molecule has 0 aliphatic carbocycles. The van der Waals surface area contributed by atoms with Crippen molar-refractivity contribution in [3.63, 3.8) is 0 Å². The molecule has 8 nitrogen and oxygen atoms in total. The van der Waals surface area contributed by atoms with Gasteiger partial charge in [-0.05, 0) is 18.2 Å². The van der Waals surface area contributed by atoms with Crippen LogP contribution in [-0.4, -0.2) is 14.5 Å². The van der Waals surface area contributed by atoms with Crippen LogP contribution in [0.3, 0.4) is 0 Å². The van der Waals surface area contributed by atoms with Gasteiger partial charge in [0.1, 0.15) is 47.0 Å². The van der Waals surface area contributed by atoms with Gasteiger partial charge in [-0.3, -0.25) is 9.36 Å². The first-order valence-electron chi connectivity index (χ1n) is 8.67. The zero-order valence-corrected chi connectivity index (χ0v) is 15.3. The van der Waals surface area contributed by atoms with E-state index in [1.54, 1.807) is 30.3 Å². The highest BCUT2D eigenvalue weighted by atomic mass is 19.1. The number of nitriles is 2. The standard InChI is InChI=1S/C21H12FN7O/c22-16-8-4-7-13-14(9-23)20(28-19-15(10-24)18(25)26-11-27-19)29(21(30)17(13)16)12-5-2-1-3-6-12/h1-8,11H,(H3,25,26,27,28). The van der Waals surface area contributed by atoms with Gasteiger partial charge in [-0.15, -0.1) is 0 Å². The molecule has 0 spiro atoms. The molecule has 30 heavy (non-hydrogen) atoms. The van der Waals surface area contributed by atoms with E-state index in [0.717, 1.165) is 12.4 Å². The maximum Gasteiger partial charge on any atom is 0.267 e. The Morgan fingerprint density at radius 2 is 1.73 bits per heavy atom. The number of pyridine rings is 1. The van der Waals surface area contributed by atoms with Crippen molar-refractivity contribution in [1.82, 2.24) is 14.5 Å². The lowest BCUT2D eigenvalue weighted by atomic mass is 10.1. The van der Waals surface area contributed by atoms with E-state index in [0.29, 0.717) is 5.69 Å². The van der Waals surface area contributed by atoms with Crippen LogP contribution in [0.15, 0.2) is 59.7 Å². The Kier molecular flexibility index (Phi) is 4.55. The molecule has 0 radical (unpaired) electrons. The van der Waals surface area contributed by atoms with Crippen LogP contribution in [0.5, 0.6) is 0 Å². The van der Waals surface area contributed by atoms with Gasteiger partial charge in [-0.25, -0.2) is 14.4 Å². The fourth-order valence-corrected chi connectivity index (χ4v) is 3.17. The number of benzene rings is 2. The quantitative estimate of drug-likeness (QED) is 0.543. The Bertz CT molecular complexity index is 1430. The van der Waals surface area contributed by atoms with Gasteiger partial charge < -0.3 is 11.1 Å². The third kappa shape index (κ3) is 2.87. The third-order valence-electron chi connectivity index (χ3n) is 4.51. The number of anilines is 3. The molecule has 3 N–H and O–H groups in total. The number of nitrogens with zero attached hydrogens (tertiary/aromatic N) is 5. The summed E-state index contributed by atoms with van der Waals surface area (Å²) in [6, 6.07) is 16.4. The largest absolute Gasteiger partial charge is 0.382 e. The summed E-state index contributed by atoms with van der Waals surface area (Å²) in [5, 5.41) is 22.1. The number of nitrogens with two attached hydrogens (primary N) is 1. The number of nitrogens with one attached hydrogen (secondary N) is 1. The van der Waals surface area contributed by atoms with Crippen molar-refractivity contribution in [2.45, 2.75) is 0 Å². The molecule has 0 bridgehead atoms. The molecule has 4 rings (SSSR count). The van der Waals surface area contributed by atoms with Gasteiger partial charge in [-0.1, -0.05) is 30.3 Å². The van der Waals surface area contributed by atoms with Gasteiger partial charge in [0.05, 0.1) is 11.1 Å². The van der Waals surface area contributed by atoms with E-state index in [1.165, 1.54) is 16.7 Å². The summed E-state index contributed by atoms with van der Waals surface area (Å²) >= 11 is 0. The van der Waals surface area contributed by atoms with Crippen LogP contribution in [0.2, 0.25) is 0 Å². The highest BCUT2D eigenvalue weighted by Crippen LogP contribution is 2.30. The van der Waals surface area contributed by atoms with Crippen molar-refractivity contribution in [2.75, 3.05) is 11.1 Å². The van der Waals surface area contributed by atoms with Gasteiger partial charge in [-0.2, -0.15) is 10.5 Å². The predicted molar refractivity (Wildman–Crippen MR) is 109 cm³/mol. The van der Waals surface area contributed by atoms with Gasteiger partial charge in [0, 0.05) is 5.39 Å². The number of aromatic nitrogens is 3. The third-order valence-corrected chi connectivity index (χ3v) is 4.51. The molecule has 144 valence electrons. The number of hydrogen-bond donors (Lipinski definition) is 2. The first-order valence-corrected chi connectivity index (χ1v) is 8.67. The minimum absolute atomic E-state index is 0.00836. The van der Waals surface area contributed by atoms with E-state index < -0.39 is 11.4 Å². The van der Waals surface area contributed by atoms with Gasteiger partial charge >= 0.3 is 0 Å². The molecule has 0 saturated carbocycles. The molecule has 0 saturated heterocycles. The number of para-hydroxylation sites is 1. The number of hydrogen-bond acceptors (Lipinski definition) is 7. The SMILES string of the molecule is N#Cc1c(N)ncnc1Nc1c(C#N)c2cccc(F)c2c(=O)n1-c1ccccc1. The highest BCUT2D eigenvalue weighted by Gasteiger charge is 2.22. The normalized spacial score (nSPS) is 10.4. The maximum absolute atomic E-state index is 14.6. The topological polar surface area (TPSA) is 133 Å². The smallest absolute Gasteiger partial charge is 0.267 e. The Balaban J connectivity index is 2.14. The highest BCUT2D eigenvalue weighted by molar-refractivity contribution is 5.93. The molecular weight excluding hydrogens is 385 g/mol. The van der Waals surface area contributed by atoms with Crippen LogP contribution in [0.1, 0.15) is 11.1 Å². The Hall–Kier alpha value is -4.76. The number of nitrogen functional groups attached to an aromatic ring is 1. The van der Waals surface area contributed by atoms with Crippen LogP contribution >= 0.6 is 0 Å². The zero-order valence-electron chi connectivity index (χ0n) is 15.3. The molecular formula is C21H12FN7O. The average Bonchev–Trinajstić information content (AvgIpc) is 2.75.